The molecule has 1 aliphatic carbocycles. The van der Waals surface area contributed by atoms with Crippen molar-refractivity contribution in [1.82, 2.24) is 15.6 Å². The average molecular weight is 425 g/mol. The van der Waals surface area contributed by atoms with Crippen LogP contribution in [0.3, 0.4) is 0 Å². The van der Waals surface area contributed by atoms with Gasteiger partial charge in [0.1, 0.15) is 6.04 Å². The number of carbonyl (C=O) groups excluding carboxylic acids is 3. The maximum absolute atomic E-state index is 13.0. The van der Waals surface area contributed by atoms with Crippen LogP contribution >= 0.6 is 11.8 Å². The number of hydrazone groups is 1. The smallest absolute Gasteiger partial charge is 0.309 e. The molecule has 0 spiro atoms. The lowest BCUT2D eigenvalue weighted by Crippen LogP contribution is -2.53. The van der Waals surface area contributed by atoms with Crippen molar-refractivity contribution in [1.29, 1.82) is 0 Å². The second-order valence-electron chi connectivity index (χ2n) is 8.24. The Labute approximate surface area is 176 Å². The second kappa shape index (κ2) is 10.4. The Morgan fingerprint density at radius 3 is 2.45 bits per heavy atom. The molecule has 2 aliphatic heterocycles. The molecule has 1 saturated carbocycles. The Bertz CT molecular complexity index is 644. The van der Waals surface area contributed by atoms with Crippen LogP contribution in [0.15, 0.2) is 5.10 Å². The Balaban J connectivity index is 1.65. The van der Waals surface area contributed by atoms with Gasteiger partial charge in [0.05, 0.1) is 0 Å². The topological polar surface area (TPSA) is 100 Å². The molecule has 3 aliphatic rings. The van der Waals surface area contributed by atoms with Crippen molar-refractivity contribution in [3.05, 3.63) is 0 Å². The quantitative estimate of drug-likeness (QED) is 0.495. The molecule has 1 unspecified atom stereocenters. The fraction of sp³-hybridized carbons (Fsp3) is 0.800. The molecular weight excluding hydrogens is 392 g/mol. The van der Waals surface area contributed by atoms with Crippen LogP contribution in [0.4, 0.5) is 0 Å². The summed E-state index contributed by atoms with van der Waals surface area (Å²) in [5.41, 5.74) is 2.40. The lowest BCUT2D eigenvalue weighted by atomic mass is 9.85. The third kappa shape index (κ3) is 5.72. The van der Waals surface area contributed by atoms with Gasteiger partial charge in [-0.3, -0.25) is 14.4 Å². The fourth-order valence-corrected chi connectivity index (χ4v) is 5.19. The first-order valence-corrected chi connectivity index (χ1v) is 11.6. The highest BCUT2D eigenvalue weighted by molar-refractivity contribution is 8.14. The van der Waals surface area contributed by atoms with Gasteiger partial charge in [-0.15, -0.1) is 5.10 Å². The van der Waals surface area contributed by atoms with Crippen molar-refractivity contribution >= 4 is 34.5 Å². The summed E-state index contributed by atoms with van der Waals surface area (Å²) in [6, 6.07) is -0.488. The summed E-state index contributed by atoms with van der Waals surface area (Å²) < 4.78 is 5.39. The molecule has 9 heteroatoms. The molecule has 3 fully saturated rings. The highest BCUT2D eigenvalue weighted by Crippen LogP contribution is 2.26. The van der Waals surface area contributed by atoms with Gasteiger partial charge in [-0.1, -0.05) is 31.0 Å². The van der Waals surface area contributed by atoms with Gasteiger partial charge in [0.2, 0.25) is 11.7 Å². The highest BCUT2D eigenvalue weighted by Gasteiger charge is 2.36. The monoisotopic (exact) mass is 424 g/mol. The molecule has 2 N–H and O–H groups in total. The number of Topliss-reactive ketones (excluding diaryl/α,β-unsaturated/α-hetero) is 1. The van der Waals surface area contributed by atoms with E-state index < -0.39 is 17.7 Å². The first kappa shape index (κ1) is 22.1. The first-order valence-electron chi connectivity index (χ1n) is 10.6. The molecule has 3 rings (SSSR count). The van der Waals surface area contributed by atoms with Crippen molar-refractivity contribution < 1.29 is 19.1 Å². The SMILES string of the molecule is C[C@@H]1CS/C(=N\NC(=O)C(=O)C(NC(=O)C2CCCCC2)C2CCOCC2)N1C. The van der Waals surface area contributed by atoms with Gasteiger partial charge in [-0.05, 0) is 38.5 Å². The minimum absolute atomic E-state index is 0.0628. The third-order valence-electron chi connectivity index (χ3n) is 6.19. The molecule has 162 valence electrons. The lowest BCUT2D eigenvalue weighted by Gasteiger charge is -2.31. The summed E-state index contributed by atoms with van der Waals surface area (Å²) in [4.78, 5) is 40.2. The number of nitrogens with one attached hydrogen (secondary N) is 2. The molecular formula is C20H32N4O4S. The van der Waals surface area contributed by atoms with E-state index >= 15 is 0 Å². The molecule has 0 aromatic heterocycles. The van der Waals surface area contributed by atoms with Gasteiger partial charge in [0, 0.05) is 38.0 Å². The van der Waals surface area contributed by atoms with E-state index in [1.165, 1.54) is 0 Å². The highest BCUT2D eigenvalue weighted by atomic mass is 32.2. The van der Waals surface area contributed by atoms with E-state index in [0.717, 1.165) is 37.9 Å². The standard InChI is InChI=1S/C20H32N4O4S/c1-13-12-29-20(24(13)2)23-22-19(27)17(25)16(14-8-10-28-11-9-14)21-18(26)15-6-4-3-5-7-15/h13-16H,3-12H2,1-2H3,(H,21,26)(H,22,27)/b23-20-/t13-,16?/m1/s1. The predicted octanol–water partition coefficient (Wildman–Crippen LogP) is 1.50. The number of ether oxygens (including phenoxy) is 1. The molecule has 0 aromatic carbocycles. The van der Waals surface area contributed by atoms with Crippen molar-refractivity contribution in [2.75, 3.05) is 26.0 Å². The minimum atomic E-state index is -0.818. The van der Waals surface area contributed by atoms with E-state index in [9.17, 15) is 14.4 Å². The summed E-state index contributed by atoms with van der Waals surface area (Å²) in [6.45, 7) is 3.15. The van der Waals surface area contributed by atoms with E-state index in [-0.39, 0.29) is 17.7 Å². The number of carbonyl (C=O) groups is 3. The molecule has 2 atom stereocenters. The first-order chi connectivity index (χ1) is 14.0. The van der Waals surface area contributed by atoms with Gasteiger partial charge in [-0.2, -0.15) is 0 Å². The molecule has 2 amide bonds. The van der Waals surface area contributed by atoms with Gasteiger partial charge < -0.3 is 15.0 Å². The van der Waals surface area contributed by atoms with E-state index in [0.29, 0.717) is 37.3 Å². The van der Waals surface area contributed by atoms with Crippen LogP contribution in [0.1, 0.15) is 51.9 Å². The minimum Gasteiger partial charge on any atom is -0.381 e. The van der Waals surface area contributed by atoms with Gasteiger partial charge in [-0.25, -0.2) is 5.43 Å². The molecule has 0 bridgehead atoms. The van der Waals surface area contributed by atoms with Crippen LogP contribution in [0.2, 0.25) is 0 Å². The zero-order valence-electron chi connectivity index (χ0n) is 17.3. The Morgan fingerprint density at radius 2 is 1.83 bits per heavy atom. The van der Waals surface area contributed by atoms with Crippen molar-refractivity contribution in [2.45, 2.75) is 64.0 Å². The van der Waals surface area contributed by atoms with Crippen LogP contribution in [-0.4, -0.2) is 65.8 Å². The van der Waals surface area contributed by atoms with Crippen LogP contribution < -0.4 is 10.7 Å². The van der Waals surface area contributed by atoms with Gasteiger partial charge >= 0.3 is 5.91 Å². The van der Waals surface area contributed by atoms with Crippen molar-refractivity contribution in [2.24, 2.45) is 16.9 Å². The van der Waals surface area contributed by atoms with Gasteiger partial charge in [0.15, 0.2) is 5.17 Å². The molecule has 2 saturated heterocycles. The number of rotatable bonds is 6. The number of thioether (sulfide) groups is 1. The number of amidine groups is 1. The number of nitrogens with zero attached hydrogens (tertiary/aromatic N) is 2. The zero-order valence-corrected chi connectivity index (χ0v) is 18.1. The Kier molecular flexibility index (Phi) is 7.94. The van der Waals surface area contributed by atoms with Crippen LogP contribution in [0, 0.1) is 11.8 Å². The number of ketones is 1. The summed E-state index contributed by atoms with van der Waals surface area (Å²) >= 11 is 1.54. The molecule has 0 aromatic rings. The van der Waals surface area contributed by atoms with E-state index in [4.69, 9.17) is 4.74 Å². The third-order valence-corrected chi connectivity index (χ3v) is 7.47. The average Bonchev–Trinajstić information content (AvgIpc) is 3.08. The summed E-state index contributed by atoms with van der Waals surface area (Å²) in [5, 5.41) is 7.72. The summed E-state index contributed by atoms with van der Waals surface area (Å²) in [7, 11) is 1.91. The van der Waals surface area contributed by atoms with E-state index in [2.05, 4.69) is 22.8 Å². The maximum Gasteiger partial charge on any atom is 0.309 e. The number of hydrogen-bond acceptors (Lipinski definition) is 6. The number of amides is 2. The van der Waals surface area contributed by atoms with Crippen LogP contribution in [0.25, 0.3) is 0 Å². The summed E-state index contributed by atoms with van der Waals surface area (Å²) in [5.74, 6) is -0.761. The van der Waals surface area contributed by atoms with E-state index in [1.807, 2.05) is 11.9 Å². The maximum atomic E-state index is 13.0. The molecule has 8 nitrogen and oxygen atoms in total. The predicted molar refractivity (Wildman–Crippen MR) is 112 cm³/mol. The second-order valence-corrected chi connectivity index (χ2v) is 9.23. The summed E-state index contributed by atoms with van der Waals surface area (Å²) in [6.07, 6.45) is 6.23. The van der Waals surface area contributed by atoms with Gasteiger partial charge in [0.25, 0.3) is 0 Å². The van der Waals surface area contributed by atoms with E-state index in [1.54, 1.807) is 11.8 Å². The molecule has 0 radical (unpaired) electrons. The van der Waals surface area contributed by atoms with Crippen LogP contribution in [0.5, 0.6) is 0 Å². The van der Waals surface area contributed by atoms with Crippen molar-refractivity contribution in [3.8, 4) is 0 Å². The Morgan fingerprint density at radius 1 is 1.14 bits per heavy atom. The number of hydrogen-bond donors (Lipinski definition) is 2. The fourth-order valence-electron chi connectivity index (χ4n) is 4.09. The van der Waals surface area contributed by atoms with Crippen LogP contribution in [-0.2, 0) is 19.1 Å². The lowest BCUT2D eigenvalue weighted by molar-refractivity contribution is -0.142. The van der Waals surface area contributed by atoms with Crippen molar-refractivity contribution in [3.63, 3.8) is 0 Å². The largest absolute Gasteiger partial charge is 0.381 e. The molecule has 29 heavy (non-hydrogen) atoms. The molecule has 2 heterocycles. The Hall–Kier alpha value is -1.61. The zero-order chi connectivity index (χ0) is 20.8. The normalized spacial score (nSPS) is 26.3.